The monoisotopic (exact) mass is 476 g/mol. The predicted octanol–water partition coefficient (Wildman–Crippen LogP) is 5.06. The molecule has 5 nitrogen and oxygen atoms in total. The highest BCUT2D eigenvalue weighted by molar-refractivity contribution is 6.30. The van der Waals surface area contributed by atoms with Crippen LogP contribution >= 0.6 is 11.6 Å². The smallest absolute Gasteiger partial charge is 0.282 e. The van der Waals surface area contributed by atoms with Crippen LogP contribution in [0.5, 0.6) is 0 Å². The van der Waals surface area contributed by atoms with Gasteiger partial charge >= 0.3 is 0 Å². The lowest BCUT2D eigenvalue weighted by molar-refractivity contribution is -0.154. The van der Waals surface area contributed by atoms with E-state index in [2.05, 4.69) is 5.10 Å². The van der Waals surface area contributed by atoms with Gasteiger partial charge in [-0.15, -0.1) is 0 Å². The Morgan fingerprint density at radius 1 is 1.18 bits per heavy atom. The summed E-state index contributed by atoms with van der Waals surface area (Å²) in [5.74, 6) is -5.55. The maximum atomic E-state index is 13.9. The first kappa shape index (κ1) is 23.2. The van der Waals surface area contributed by atoms with Crippen LogP contribution in [0.25, 0.3) is 16.9 Å². The Morgan fingerprint density at radius 2 is 1.91 bits per heavy atom. The molecule has 1 aromatic heterocycles. The zero-order valence-corrected chi connectivity index (χ0v) is 18.1. The van der Waals surface area contributed by atoms with Gasteiger partial charge in [-0.25, -0.2) is 13.2 Å². The van der Waals surface area contributed by atoms with Crippen LogP contribution in [0.15, 0.2) is 59.4 Å². The molecule has 0 saturated heterocycles. The largest absolute Gasteiger partial charge is 0.387 e. The minimum absolute atomic E-state index is 0.106. The van der Waals surface area contributed by atoms with Gasteiger partial charge in [0.25, 0.3) is 11.5 Å². The zero-order valence-electron chi connectivity index (χ0n) is 17.3. The molecule has 1 N–H and O–H groups in total. The summed E-state index contributed by atoms with van der Waals surface area (Å²) in [7, 11) is 0. The summed E-state index contributed by atoms with van der Waals surface area (Å²) < 4.78 is 42.6. The fraction of sp³-hybridized carbons (Fsp3) is 0.292. The third kappa shape index (κ3) is 4.86. The van der Waals surface area contributed by atoms with Gasteiger partial charge in [-0.05, 0) is 55.2 Å². The molecule has 1 heterocycles. The van der Waals surface area contributed by atoms with Crippen molar-refractivity contribution in [3.8, 4) is 16.9 Å². The molecule has 4 rings (SSSR count). The molecule has 9 heteroatoms. The first-order valence-electron chi connectivity index (χ1n) is 10.4. The van der Waals surface area contributed by atoms with E-state index in [1.54, 1.807) is 24.3 Å². The Bertz CT molecular complexity index is 1240. The van der Waals surface area contributed by atoms with Crippen molar-refractivity contribution >= 4 is 17.4 Å². The highest BCUT2D eigenvalue weighted by atomic mass is 35.5. The van der Waals surface area contributed by atoms with Gasteiger partial charge in [0.2, 0.25) is 0 Å². The number of carbonyl (C=O) groups is 1. The number of hydrogen-bond donors (Lipinski definition) is 1. The summed E-state index contributed by atoms with van der Waals surface area (Å²) in [6, 6.07) is 13.0. The molecule has 0 amide bonds. The molecular weight excluding hydrogens is 457 g/mol. The lowest BCUT2D eigenvalue weighted by Gasteiger charge is -2.34. The van der Waals surface area contributed by atoms with Crippen molar-refractivity contribution in [3.63, 3.8) is 0 Å². The van der Waals surface area contributed by atoms with Crippen molar-refractivity contribution < 1.29 is 23.1 Å². The van der Waals surface area contributed by atoms with Gasteiger partial charge in [0, 0.05) is 23.4 Å². The minimum Gasteiger partial charge on any atom is -0.387 e. The van der Waals surface area contributed by atoms with Gasteiger partial charge in [-0.1, -0.05) is 29.8 Å². The second-order valence-electron chi connectivity index (χ2n) is 8.13. The molecule has 3 aromatic rings. The van der Waals surface area contributed by atoms with E-state index in [9.17, 15) is 27.9 Å². The Morgan fingerprint density at radius 3 is 2.61 bits per heavy atom. The van der Waals surface area contributed by atoms with Crippen LogP contribution in [0.1, 0.15) is 36.0 Å². The second-order valence-corrected chi connectivity index (χ2v) is 8.57. The second kappa shape index (κ2) is 9.11. The van der Waals surface area contributed by atoms with Gasteiger partial charge in [-0.3, -0.25) is 9.59 Å². The summed E-state index contributed by atoms with van der Waals surface area (Å²) in [4.78, 5) is 26.2. The van der Waals surface area contributed by atoms with Crippen molar-refractivity contribution in [2.45, 2.75) is 37.7 Å². The van der Waals surface area contributed by atoms with Crippen LogP contribution in [0.4, 0.5) is 13.2 Å². The van der Waals surface area contributed by atoms with E-state index in [0.717, 1.165) is 10.7 Å². The van der Waals surface area contributed by atoms with Crippen molar-refractivity contribution in [2.24, 2.45) is 5.92 Å². The number of hydrogen-bond acceptors (Lipinski definition) is 4. The van der Waals surface area contributed by atoms with Crippen LogP contribution in [0, 0.1) is 11.7 Å². The third-order valence-electron chi connectivity index (χ3n) is 5.82. The molecule has 1 aliphatic rings. The van der Waals surface area contributed by atoms with E-state index in [1.165, 1.54) is 24.3 Å². The Kier molecular flexibility index (Phi) is 6.41. The molecule has 1 saturated carbocycles. The SMILES string of the molecule is O=C(C[C@@H]1CCCC(F)(F)[C@H]1O)c1cc(-c2ccc(Cl)cc2)nn(-c2cccc(F)c2)c1=O. The standard InChI is InChI=1S/C24H20ClF3N2O3/c25-16-8-6-14(7-9-16)20-13-19(21(31)11-15-3-2-10-24(27,28)22(15)32)23(33)30(29-20)18-5-1-4-17(26)12-18/h1,4-9,12-13,15,22,32H,2-3,10-11H2/t15-,22-/m0/s1. The number of alkyl halides is 2. The summed E-state index contributed by atoms with van der Waals surface area (Å²) >= 11 is 5.94. The average molecular weight is 477 g/mol. The van der Waals surface area contributed by atoms with Crippen molar-refractivity contribution in [2.75, 3.05) is 0 Å². The maximum Gasteiger partial charge on any atom is 0.282 e. The lowest BCUT2D eigenvalue weighted by Crippen LogP contribution is -2.44. The highest BCUT2D eigenvalue weighted by Gasteiger charge is 2.46. The molecule has 0 spiro atoms. The van der Waals surface area contributed by atoms with E-state index >= 15 is 0 Å². The number of halogens is 4. The van der Waals surface area contributed by atoms with Crippen LogP contribution in [0.2, 0.25) is 5.02 Å². The number of rotatable bonds is 5. The maximum absolute atomic E-state index is 13.9. The van der Waals surface area contributed by atoms with Gasteiger partial charge in [0.05, 0.1) is 16.9 Å². The molecule has 1 aliphatic carbocycles. The average Bonchev–Trinajstić information content (AvgIpc) is 2.77. The fourth-order valence-electron chi connectivity index (χ4n) is 4.05. The molecule has 0 radical (unpaired) electrons. The minimum atomic E-state index is -3.28. The van der Waals surface area contributed by atoms with E-state index in [1.807, 2.05) is 0 Å². The number of carbonyl (C=O) groups excluding carboxylic acids is 1. The van der Waals surface area contributed by atoms with Gasteiger partial charge < -0.3 is 5.11 Å². The van der Waals surface area contributed by atoms with Gasteiger partial charge in [0.1, 0.15) is 11.9 Å². The Hall–Kier alpha value is -2.97. The first-order chi connectivity index (χ1) is 15.7. The summed E-state index contributed by atoms with van der Waals surface area (Å²) in [5.41, 5.74) is -0.189. The molecule has 2 aromatic carbocycles. The summed E-state index contributed by atoms with van der Waals surface area (Å²) in [5, 5.41) is 14.8. The molecule has 2 atom stereocenters. The zero-order chi connectivity index (χ0) is 23.8. The number of benzene rings is 2. The Labute approximate surface area is 192 Å². The number of nitrogens with zero attached hydrogens (tertiary/aromatic N) is 2. The number of aliphatic hydroxyl groups is 1. The van der Waals surface area contributed by atoms with E-state index in [4.69, 9.17) is 11.6 Å². The predicted molar refractivity (Wildman–Crippen MR) is 117 cm³/mol. The molecule has 1 fully saturated rings. The van der Waals surface area contributed by atoms with Crippen LogP contribution in [0.3, 0.4) is 0 Å². The third-order valence-corrected chi connectivity index (χ3v) is 6.07. The summed E-state index contributed by atoms with van der Waals surface area (Å²) in [6.45, 7) is 0. The van der Waals surface area contributed by atoms with Crippen molar-refractivity contribution in [1.82, 2.24) is 9.78 Å². The van der Waals surface area contributed by atoms with Gasteiger partial charge in [0.15, 0.2) is 5.78 Å². The van der Waals surface area contributed by atoms with Crippen LogP contribution < -0.4 is 5.56 Å². The molecule has 0 aliphatic heterocycles. The molecule has 172 valence electrons. The van der Waals surface area contributed by atoms with Crippen LogP contribution in [-0.4, -0.2) is 32.7 Å². The number of aliphatic hydroxyl groups excluding tert-OH is 1. The van der Waals surface area contributed by atoms with E-state index < -0.39 is 47.9 Å². The molecule has 33 heavy (non-hydrogen) atoms. The molecule has 0 bridgehead atoms. The topological polar surface area (TPSA) is 72.2 Å². The van der Waals surface area contributed by atoms with Gasteiger partial charge in [-0.2, -0.15) is 9.78 Å². The van der Waals surface area contributed by atoms with Crippen LogP contribution in [-0.2, 0) is 0 Å². The highest BCUT2D eigenvalue weighted by Crippen LogP contribution is 2.39. The molecular formula is C24H20ClF3N2O3. The van der Waals surface area contributed by atoms with Crippen molar-refractivity contribution in [1.29, 1.82) is 0 Å². The Balaban J connectivity index is 1.78. The summed E-state index contributed by atoms with van der Waals surface area (Å²) in [6.07, 6.45) is -2.41. The first-order valence-corrected chi connectivity index (χ1v) is 10.8. The quantitative estimate of drug-likeness (QED) is 0.522. The van der Waals surface area contributed by atoms with Crippen molar-refractivity contribution in [3.05, 3.63) is 81.4 Å². The molecule has 0 unspecified atom stereocenters. The number of ketones is 1. The fourth-order valence-corrected chi connectivity index (χ4v) is 4.18. The number of Topliss-reactive ketones (excluding diaryl/α,β-unsaturated/α-hetero) is 1. The van der Waals surface area contributed by atoms with E-state index in [0.29, 0.717) is 10.6 Å². The number of aromatic nitrogens is 2. The van der Waals surface area contributed by atoms with E-state index in [-0.39, 0.29) is 29.8 Å². The normalized spacial score (nSPS) is 19.9. The lowest BCUT2D eigenvalue weighted by atomic mass is 9.80.